The number of likely N-dealkylation sites (N-methyl/N-ethyl adjacent to an activating group) is 1. The second-order valence-corrected chi connectivity index (χ2v) is 6.40. The minimum Gasteiger partial charge on any atom is -0.312 e. The van der Waals surface area contributed by atoms with Gasteiger partial charge in [0.25, 0.3) is 0 Å². The molecule has 0 aromatic rings. The molecule has 0 aromatic carbocycles. The first-order chi connectivity index (χ1) is 6.70. The van der Waals surface area contributed by atoms with Crippen LogP contribution in [0.1, 0.15) is 20.3 Å². The van der Waals surface area contributed by atoms with E-state index in [0.717, 1.165) is 5.25 Å². The summed E-state index contributed by atoms with van der Waals surface area (Å²) >= 11 is 4.24. The first-order valence-corrected chi connectivity index (χ1v) is 7.36. The zero-order valence-corrected chi connectivity index (χ0v) is 11.0. The average Bonchev–Trinajstić information content (AvgIpc) is 2.19. The zero-order chi connectivity index (χ0) is 10.6. The van der Waals surface area contributed by atoms with Crippen molar-refractivity contribution in [2.45, 2.75) is 36.8 Å². The van der Waals surface area contributed by atoms with E-state index >= 15 is 0 Å². The molecule has 1 rings (SSSR count). The Morgan fingerprint density at radius 3 is 2.64 bits per heavy atom. The number of hydrogen-bond donors (Lipinski definition) is 1. The van der Waals surface area contributed by atoms with E-state index in [4.69, 9.17) is 0 Å². The third-order valence-corrected chi connectivity index (χ3v) is 6.02. The number of rotatable bonds is 4. The average molecular weight is 231 g/mol. The number of hydrogen-bond acceptors (Lipinski definition) is 3. The highest BCUT2D eigenvalue weighted by molar-refractivity contribution is 8.07. The molecule has 0 amide bonds. The molecule has 3 unspecified atom stereocenters. The third-order valence-electron chi connectivity index (χ3n) is 2.66. The summed E-state index contributed by atoms with van der Waals surface area (Å²) in [5, 5.41) is 4.91. The summed E-state index contributed by atoms with van der Waals surface area (Å²) < 4.78 is 0. The topological polar surface area (TPSA) is 12.0 Å². The van der Waals surface area contributed by atoms with Gasteiger partial charge in [-0.2, -0.15) is 23.5 Å². The maximum absolute atomic E-state index is 4.09. The zero-order valence-electron chi connectivity index (χ0n) is 9.38. The Kier molecular flexibility index (Phi) is 5.42. The van der Waals surface area contributed by atoms with Crippen LogP contribution >= 0.6 is 23.5 Å². The van der Waals surface area contributed by atoms with E-state index in [2.05, 4.69) is 49.3 Å². The molecule has 0 aliphatic carbocycles. The van der Waals surface area contributed by atoms with Crippen LogP contribution in [0.4, 0.5) is 0 Å². The Labute approximate surface area is 96.5 Å². The molecule has 14 heavy (non-hydrogen) atoms. The summed E-state index contributed by atoms with van der Waals surface area (Å²) in [7, 11) is 2.05. The van der Waals surface area contributed by atoms with Gasteiger partial charge in [0.2, 0.25) is 0 Å². The molecule has 3 heteroatoms. The van der Waals surface area contributed by atoms with E-state index in [1.807, 2.05) is 7.05 Å². The predicted molar refractivity (Wildman–Crippen MR) is 70.4 cm³/mol. The SMILES string of the molecule is C=C(C)C(NC)C1SCCSC1CC. The molecule has 1 nitrogen and oxygen atoms in total. The Morgan fingerprint density at radius 1 is 1.50 bits per heavy atom. The fourth-order valence-corrected chi connectivity index (χ4v) is 5.30. The Hall–Kier alpha value is 0.400. The number of thioether (sulfide) groups is 2. The van der Waals surface area contributed by atoms with Crippen molar-refractivity contribution in [3.8, 4) is 0 Å². The monoisotopic (exact) mass is 231 g/mol. The lowest BCUT2D eigenvalue weighted by atomic mass is 10.0. The van der Waals surface area contributed by atoms with Crippen molar-refractivity contribution < 1.29 is 0 Å². The van der Waals surface area contributed by atoms with Crippen molar-refractivity contribution in [2.24, 2.45) is 0 Å². The van der Waals surface area contributed by atoms with Crippen molar-refractivity contribution in [2.75, 3.05) is 18.6 Å². The van der Waals surface area contributed by atoms with E-state index in [0.29, 0.717) is 11.3 Å². The van der Waals surface area contributed by atoms with Gasteiger partial charge in [-0.05, 0) is 20.4 Å². The lowest BCUT2D eigenvalue weighted by Gasteiger charge is -2.36. The second-order valence-electron chi connectivity index (χ2n) is 3.77. The summed E-state index contributed by atoms with van der Waals surface area (Å²) in [5.41, 5.74) is 1.27. The standard InChI is InChI=1S/C11H21NS2/c1-5-9-11(14-7-6-13-9)10(12-4)8(2)3/h9-12H,2,5-7H2,1,3-4H3. The lowest BCUT2D eigenvalue weighted by molar-refractivity contribution is 0.579. The number of nitrogens with one attached hydrogen (secondary N) is 1. The molecule has 0 saturated carbocycles. The molecule has 82 valence electrons. The van der Waals surface area contributed by atoms with Gasteiger partial charge in [-0.3, -0.25) is 0 Å². The molecule has 0 radical (unpaired) electrons. The van der Waals surface area contributed by atoms with Gasteiger partial charge in [0, 0.05) is 28.0 Å². The van der Waals surface area contributed by atoms with Crippen LogP contribution in [0.5, 0.6) is 0 Å². The summed E-state index contributed by atoms with van der Waals surface area (Å²) in [4.78, 5) is 0. The highest BCUT2D eigenvalue weighted by Gasteiger charge is 2.31. The van der Waals surface area contributed by atoms with Crippen LogP contribution < -0.4 is 5.32 Å². The van der Waals surface area contributed by atoms with E-state index in [-0.39, 0.29) is 0 Å². The minimum atomic E-state index is 0.484. The molecule has 3 atom stereocenters. The first-order valence-electron chi connectivity index (χ1n) is 5.26. The second kappa shape index (κ2) is 6.09. The lowest BCUT2D eigenvalue weighted by Crippen LogP contribution is -2.44. The van der Waals surface area contributed by atoms with Crippen molar-refractivity contribution in [1.82, 2.24) is 5.32 Å². The van der Waals surface area contributed by atoms with E-state index in [1.54, 1.807) is 0 Å². The van der Waals surface area contributed by atoms with Crippen molar-refractivity contribution in [1.29, 1.82) is 0 Å². The van der Waals surface area contributed by atoms with Crippen LogP contribution in [0.25, 0.3) is 0 Å². The Balaban J connectivity index is 2.65. The molecule has 1 N–H and O–H groups in total. The Bertz CT molecular complexity index is 194. The maximum Gasteiger partial charge on any atom is 0.0402 e. The molecule has 1 fully saturated rings. The minimum absolute atomic E-state index is 0.484. The van der Waals surface area contributed by atoms with Crippen molar-refractivity contribution in [3.05, 3.63) is 12.2 Å². The molecular formula is C11H21NS2. The molecule has 0 bridgehead atoms. The van der Waals surface area contributed by atoms with E-state index in [1.165, 1.54) is 23.5 Å². The van der Waals surface area contributed by atoms with Crippen LogP contribution in [0, 0.1) is 0 Å². The molecule has 1 aliphatic rings. The van der Waals surface area contributed by atoms with Gasteiger partial charge in [0.1, 0.15) is 0 Å². The van der Waals surface area contributed by atoms with Crippen molar-refractivity contribution >= 4 is 23.5 Å². The first kappa shape index (κ1) is 12.5. The highest BCUT2D eigenvalue weighted by atomic mass is 32.2. The van der Waals surface area contributed by atoms with E-state index < -0.39 is 0 Å². The molecule has 1 aliphatic heterocycles. The molecule has 1 saturated heterocycles. The van der Waals surface area contributed by atoms with Gasteiger partial charge in [-0.15, -0.1) is 0 Å². The molecule has 1 heterocycles. The smallest absolute Gasteiger partial charge is 0.0402 e. The molecule has 0 aromatic heterocycles. The van der Waals surface area contributed by atoms with Crippen LogP contribution in [-0.4, -0.2) is 35.1 Å². The van der Waals surface area contributed by atoms with Crippen molar-refractivity contribution in [3.63, 3.8) is 0 Å². The molecular weight excluding hydrogens is 210 g/mol. The fraction of sp³-hybridized carbons (Fsp3) is 0.818. The van der Waals surface area contributed by atoms with Gasteiger partial charge >= 0.3 is 0 Å². The largest absolute Gasteiger partial charge is 0.312 e. The van der Waals surface area contributed by atoms with Gasteiger partial charge in [0.05, 0.1) is 0 Å². The van der Waals surface area contributed by atoms with Gasteiger partial charge in [0.15, 0.2) is 0 Å². The fourth-order valence-electron chi connectivity index (χ4n) is 1.94. The van der Waals surface area contributed by atoms with Gasteiger partial charge in [-0.1, -0.05) is 19.1 Å². The summed E-state index contributed by atoms with van der Waals surface area (Å²) in [5.74, 6) is 2.60. The summed E-state index contributed by atoms with van der Waals surface area (Å²) in [6.45, 7) is 8.51. The highest BCUT2D eigenvalue weighted by Crippen LogP contribution is 2.36. The van der Waals surface area contributed by atoms with E-state index in [9.17, 15) is 0 Å². The molecule has 0 spiro atoms. The third kappa shape index (κ3) is 2.94. The van der Waals surface area contributed by atoms with Crippen LogP contribution in [0.3, 0.4) is 0 Å². The van der Waals surface area contributed by atoms with Crippen LogP contribution in [-0.2, 0) is 0 Å². The maximum atomic E-state index is 4.09. The van der Waals surface area contributed by atoms with Crippen LogP contribution in [0.2, 0.25) is 0 Å². The predicted octanol–water partition coefficient (Wildman–Crippen LogP) is 2.78. The van der Waals surface area contributed by atoms with Crippen LogP contribution in [0.15, 0.2) is 12.2 Å². The quantitative estimate of drug-likeness (QED) is 0.747. The van der Waals surface area contributed by atoms with Gasteiger partial charge in [-0.25, -0.2) is 0 Å². The Morgan fingerprint density at radius 2 is 2.14 bits per heavy atom. The summed E-state index contributed by atoms with van der Waals surface area (Å²) in [6, 6.07) is 0.484. The normalized spacial score (nSPS) is 29.9. The summed E-state index contributed by atoms with van der Waals surface area (Å²) in [6.07, 6.45) is 1.27. The van der Waals surface area contributed by atoms with Gasteiger partial charge < -0.3 is 5.32 Å².